The smallest absolute Gasteiger partial charge is 0.449 e. The molecule has 5 N–H and O–H groups in total. The average Bonchev–Trinajstić information content (AvgIpc) is 3.58. The quantitative estimate of drug-likeness (QED) is 0.181. The molecule has 10 nitrogen and oxygen atoms in total. The third kappa shape index (κ3) is 3.83. The Bertz CT molecular complexity index is 1270. The van der Waals surface area contributed by atoms with Crippen molar-refractivity contribution in [3.8, 4) is 5.75 Å². The molecule has 2 fully saturated rings. The van der Waals surface area contributed by atoms with Crippen molar-refractivity contribution >= 4 is 34.1 Å². The number of hydrogen-bond acceptors (Lipinski definition) is 8. The van der Waals surface area contributed by atoms with E-state index in [1.807, 2.05) is 0 Å². The lowest BCUT2D eigenvalue weighted by Crippen LogP contribution is -2.36. The summed E-state index contributed by atoms with van der Waals surface area (Å²) in [5, 5.41) is 12.6. The predicted octanol–water partition coefficient (Wildman–Crippen LogP) is 2.60. The molecule has 1 aliphatic carbocycles. The minimum atomic E-state index is -1.72. The summed E-state index contributed by atoms with van der Waals surface area (Å²) in [4.78, 5) is 30.5. The van der Waals surface area contributed by atoms with Crippen LogP contribution in [-0.2, 0) is 4.84 Å². The maximum atomic E-state index is 16.0. The summed E-state index contributed by atoms with van der Waals surface area (Å²) in [6.07, 6.45) is 2.26. The second-order valence-corrected chi connectivity index (χ2v) is 8.69. The van der Waals surface area contributed by atoms with Crippen molar-refractivity contribution in [2.24, 2.45) is 16.3 Å². The molecular formula is C22H25F2N5O5. The van der Waals surface area contributed by atoms with Crippen molar-refractivity contribution in [3.05, 3.63) is 40.7 Å². The van der Waals surface area contributed by atoms with Gasteiger partial charge in [-0.05, 0) is 12.8 Å². The molecule has 182 valence electrons. The van der Waals surface area contributed by atoms with Crippen molar-refractivity contribution in [1.29, 1.82) is 0 Å². The van der Waals surface area contributed by atoms with Crippen molar-refractivity contribution in [1.82, 2.24) is 4.57 Å². The Balaban J connectivity index is 1.91. The highest BCUT2D eigenvalue weighted by molar-refractivity contribution is 6.00. The van der Waals surface area contributed by atoms with Gasteiger partial charge in [-0.25, -0.2) is 13.6 Å². The zero-order valence-electron chi connectivity index (χ0n) is 18.5. The molecule has 0 radical (unpaired) electrons. The lowest BCUT2D eigenvalue weighted by molar-refractivity contribution is 0.143. The Kier molecular flexibility index (Phi) is 5.94. The number of nitrogen functional groups attached to an aromatic ring is 1. The van der Waals surface area contributed by atoms with Gasteiger partial charge in [0.05, 0.1) is 35.0 Å². The van der Waals surface area contributed by atoms with Crippen LogP contribution in [-0.4, -0.2) is 47.8 Å². The Hall–Kier alpha value is -3.67. The normalized spacial score (nSPS) is 21.3. The first-order valence-corrected chi connectivity index (χ1v) is 10.6. The van der Waals surface area contributed by atoms with Gasteiger partial charge < -0.3 is 35.6 Å². The van der Waals surface area contributed by atoms with Crippen molar-refractivity contribution < 1.29 is 28.3 Å². The number of fused-ring (bicyclic) bond motifs is 1. The number of aromatic nitrogens is 1. The van der Waals surface area contributed by atoms with Crippen molar-refractivity contribution in [2.75, 3.05) is 36.9 Å². The molecule has 1 saturated carbocycles. The van der Waals surface area contributed by atoms with Crippen molar-refractivity contribution in [2.45, 2.75) is 25.8 Å². The number of benzene rings is 1. The molecule has 2 aliphatic rings. The van der Waals surface area contributed by atoms with Gasteiger partial charge in [0.1, 0.15) is 12.3 Å². The number of ether oxygens (including phenoxy) is 1. The van der Waals surface area contributed by atoms with Crippen LogP contribution >= 0.6 is 0 Å². The van der Waals surface area contributed by atoms with Gasteiger partial charge in [0.25, 0.3) is 0 Å². The fourth-order valence-electron chi connectivity index (χ4n) is 4.20. The maximum absolute atomic E-state index is 16.0. The molecule has 0 amide bonds. The van der Waals surface area contributed by atoms with Crippen LogP contribution in [0.2, 0.25) is 0 Å². The van der Waals surface area contributed by atoms with E-state index < -0.39 is 51.1 Å². The number of hydrogen-bond donors (Lipinski definition) is 3. The van der Waals surface area contributed by atoms with Gasteiger partial charge in [-0.15, -0.1) is 0 Å². The molecule has 1 aromatic heterocycles. The summed E-state index contributed by atoms with van der Waals surface area (Å²) >= 11 is 0. The van der Waals surface area contributed by atoms with E-state index in [1.54, 1.807) is 6.92 Å². The van der Waals surface area contributed by atoms with Crippen LogP contribution < -0.4 is 26.5 Å². The number of rotatable bonds is 7. The van der Waals surface area contributed by atoms with Gasteiger partial charge in [-0.2, -0.15) is 0 Å². The SMILES string of the molecule is C=CCO/N=C1\CN(c2c(F)c(N)c3c(=O)c(OC(=O)O)cn(C4CC4)c3c2F)CC1(C)CN. The van der Waals surface area contributed by atoms with Crippen LogP contribution in [0.25, 0.3) is 10.9 Å². The first-order valence-electron chi connectivity index (χ1n) is 10.6. The molecule has 1 saturated heterocycles. The van der Waals surface area contributed by atoms with Gasteiger partial charge >= 0.3 is 6.16 Å². The minimum absolute atomic E-state index is 0.0253. The number of oxime groups is 1. The third-order valence-electron chi connectivity index (χ3n) is 6.18. The third-order valence-corrected chi connectivity index (χ3v) is 6.18. The molecule has 1 atom stereocenters. The number of anilines is 2. The average molecular weight is 477 g/mol. The van der Waals surface area contributed by atoms with Gasteiger partial charge in [-0.3, -0.25) is 4.79 Å². The molecule has 0 bridgehead atoms. The number of nitrogens with zero attached hydrogens (tertiary/aromatic N) is 3. The predicted molar refractivity (Wildman–Crippen MR) is 122 cm³/mol. The monoisotopic (exact) mass is 477 g/mol. The zero-order chi connectivity index (χ0) is 24.8. The molecular weight excluding hydrogens is 452 g/mol. The van der Waals surface area contributed by atoms with Gasteiger partial charge in [-0.1, -0.05) is 24.7 Å². The number of nitrogens with two attached hydrogens (primary N) is 2. The Labute approximate surface area is 193 Å². The Morgan fingerprint density at radius 2 is 2.12 bits per heavy atom. The molecule has 1 unspecified atom stereocenters. The molecule has 4 rings (SSSR count). The first kappa shape index (κ1) is 23.5. The van der Waals surface area contributed by atoms with E-state index in [4.69, 9.17) is 21.4 Å². The van der Waals surface area contributed by atoms with Crippen LogP contribution in [0.4, 0.5) is 25.0 Å². The summed E-state index contributed by atoms with van der Waals surface area (Å²) in [5.41, 5.74) is 9.50. The van der Waals surface area contributed by atoms with E-state index in [0.717, 1.165) is 6.20 Å². The van der Waals surface area contributed by atoms with Gasteiger partial charge in [0.15, 0.2) is 17.4 Å². The van der Waals surface area contributed by atoms with Gasteiger partial charge in [0.2, 0.25) is 5.43 Å². The van der Waals surface area contributed by atoms with E-state index in [2.05, 4.69) is 16.5 Å². The number of halogens is 2. The van der Waals surface area contributed by atoms with E-state index >= 15 is 8.78 Å². The summed E-state index contributed by atoms with van der Waals surface area (Å²) in [6, 6.07) is -0.205. The Morgan fingerprint density at radius 3 is 2.71 bits per heavy atom. The van der Waals surface area contributed by atoms with E-state index in [1.165, 1.54) is 15.5 Å². The lowest BCUT2D eigenvalue weighted by Gasteiger charge is -2.25. The lowest BCUT2D eigenvalue weighted by atomic mass is 9.88. The summed E-state index contributed by atoms with van der Waals surface area (Å²) < 4.78 is 37.5. The highest BCUT2D eigenvalue weighted by Crippen LogP contribution is 2.43. The molecule has 12 heteroatoms. The number of pyridine rings is 1. The molecule has 2 aromatic rings. The Morgan fingerprint density at radius 1 is 1.41 bits per heavy atom. The minimum Gasteiger partial charge on any atom is -0.449 e. The zero-order valence-corrected chi connectivity index (χ0v) is 18.5. The molecule has 1 aromatic carbocycles. The van der Waals surface area contributed by atoms with Crippen LogP contribution in [0.5, 0.6) is 5.75 Å². The maximum Gasteiger partial charge on any atom is 0.511 e. The van der Waals surface area contributed by atoms with Crippen LogP contribution in [0, 0.1) is 17.0 Å². The van der Waals surface area contributed by atoms with Gasteiger partial charge in [0, 0.05) is 24.5 Å². The number of carbonyl (C=O) groups is 1. The first-order chi connectivity index (χ1) is 16.1. The summed E-state index contributed by atoms with van der Waals surface area (Å²) in [6.45, 7) is 5.82. The van der Waals surface area contributed by atoms with E-state index in [-0.39, 0.29) is 37.8 Å². The fraction of sp³-hybridized carbons (Fsp3) is 0.409. The van der Waals surface area contributed by atoms with Crippen LogP contribution in [0.3, 0.4) is 0 Å². The number of carboxylic acid groups (broad SMARTS) is 1. The standard InChI is InChI=1S/C22H25F2N5O5/c1-3-6-33-27-13-8-28(10-22(13,2)9-25)19-15(23)17(26)14-18(16(19)24)29(11-4-5-11)7-12(20(14)30)34-21(31)32/h3,7,11H,1,4-6,8-10,25-26H2,2H3,(H,31,32)/b27-13+. The largest absolute Gasteiger partial charge is 0.511 e. The van der Waals surface area contributed by atoms with Crippen LogP contribution in [0.15, 0.2) is 28.8 Å². The van der Waals surface area contributed by atoms with Crippen LogP contribution in [0.1, 0.15) is 25.8 Å². The molecule has 1 aliphatic heterocycles. The second kappa shape index (κ2) is 8.60. The molecule has 34 heavy (non-hydrogen) atoms. The summed E-state index contributed by atoms with van der Waals surface area (Å²) in [7, 11) is 0. The highest BCUT2D eigenvalue weighted by Gasteiger charge is 2.43. The van der Waals surface area contributed by atoms with Crippen molar-refractivity contribution in [3.63, 3.8) is 0 Å². The van der Waals surface area contributed by atoms with E-state index in [9.17, 15) is 9.59 Å². The highest BCUT2D eigenvalue weighted by atomic mass is 19.1. The van der Waals surface area contributed by atoms with E-state index in [0.29, 0.717) is 18.6 Å². The summed E-state index contributed by atoms with van der Waals surface area (Å²) in [5.74, 6) is -2.69. The fourth-order valence-corrected chi connectivity index (χ4v) is 4.20. The molecule has 2 heterocycles. The second-order valence-electron chi connectivity index (χ2n) is 8.69. The topological polar surface area (TPSA) is 145 Å². The molecule has 0 spiro atoms.